The number of hydrogen-bond acceptors (Lipinski definition) is 7. The first kappa shape index (κ1) is 34.1. The van der Waals surface area contributed by atoms with Crippen LogP contribution < -0.4 is 10.2 Å². The van der Waals surface area contributed by atoms with Gasteiger partial charge < -0.3 is 15.1 Å². The van der Waals surface area contributed by atoms with Crippen molar-refractivity contribution < 1.29 is 18.9 Å². The molecule has 2 heterocycles. The fourth-order valence-corrected chi connectivity index (χ4v) is 5.69. The first-order valence-electron chi connectivity index (χ1n) is 15.5. The molecule has 4 aromatic rings. The van der Waals surface area contributed by atoms with E-state index in [4.69, 9.17) is 11.6 Å². The molecule has 2 aliphatic heterocycles. The number of anilines is 2. The summed E-state index contributed by atoms with van der Waals surface area (Å²) in [7, 11) is 0. The van der Waals surface area contributed by atoms with Crippen LogP contribution in [0.4, 0.5) is 21.5 Å². The van der Waals surface area contributed by atoms with E-state index in [1.165, 1.54) is 24.3 Å². The molecule has 10 nitrogen and oxygen atoms in total. The molecular formula is C36H34ClFN6O4. The van der Waals surface area contributed by atoms with Crippen molar-refractivity contribution in [1.82, 2.24) is 4.90 Å². The number of halogens is 2. The SMILES string of the molecule is CCN(CC)CCN1C(=O)CN=C(c2ccccc2F)c2cc(Cl)ccc21.O=C1CN=C(c2ccccc2)c2cc([N+](=O)[O-])ccc2N1. The van der Waals surface area contributed by atoms with Gasteiger partial charge in [0.1, 0.15) is 18.9 Å². The number of nitro benzene ring substituents is 1. The minimum Gasteiger partial charge on any atom is -0.324 e. The molecule has 0 unspecified atom stereocenters. The molecular weight excluding hydrogens is 635 g/mol. The Morgan fingerprint density at radius 3 is 2.29 bits per heavy atom. The second kappa shape index (κ2) is 15.6. The van der Waals surface area contributed by atoms with E-state index in [1.807, 2.05) is 36.4 Å². The van der Waals surface area contributed by atoms with E-state index in [0.29, 0.717) is 45.4 Å². The maximum absolute atomic E-state index is 14.4. The summed E-state index contributed by atoms with van der Waals surface area (Å²) in [6.07, 6.45) is 0. The van der Waals surface area contributed by atoms with Crippen molar-refractivity contribution in [2.24, 2.45) is 9.98 Å². The van der Waals surface area contributed by atoms with Crippen LogP contribution in [-0.4, -0.2) is 72.3 Å². The molecule has 6 rings (SSSR count). The summed E-state index contributed by atoms with van der Waals surface area (Å²) >= 11 is 6.22. The highest BCUT2D eigenvalue weighted by atomic mass is 35.5. The Bertz CT molecular complexity index is 1890. The molecule has 246 valence electrons. The molecule has 4 aromatic carbocycles. The lowest BCUT2D eigenvalue weighted by Gasteiger charge is -2.27. The summed E-state index contributed by atoms with van der Waals surface area (Å²) in [6.45, 7) is 7.32. The van der Waals surface area contributed by atoms with E-state index in [-0.39, 0.29) is 36.4 Å². The number of fused-ring (bicyclic) bond motifs is 2. The summed E-state index contributed by atoms with van der Waals surface area (Å²) in [4.78, 5) is 47.7. The van der Waals surface area contributed by atoms with Crippen molar-refractivity contribution in [2.75, 3.05) is 49.5 Å². The van der Waals surface area contributed by atoms with E-state index in [1.54, 1.807) is 35.2 Å². The summed E-state index contributed by atoms with van der Waals surface area (Å²) in [5.74, 6) is -0.709. The van der Waals surface area contributed by atoms with Gasteiger partial charge in [-0.1, -0.05) is 67.9 Å². The molecule has 0 bridgehead atoms. The monoisotopic (exact) mass is 668 g/mol. The molecule has 0 fully saturated rings. The van der Waals surface area contributed by atoms with Gasteiger partial charge in [0.05, 0.1) is 27.7 Å². The van der Waals surface area contributed by atoms with Gasteiger partial charge in [0.2, 0.25) is 11.8 Å². The van der Waals surface area contributed by atoms with Crippen molar-refractivity contribution in [1.29, 1.82) is 0 Å². The fraction of sp³-hybridized carbons (Fsp3) is 0.222. The minimum atomic E-state index is -0.463. The topological polar surface area (TPSA) is 121 Å². The van der Waals surface area contributed by atoms with Crippen molar-refractivity contribution in [3.8, 4) is 0 Å². The van der Waals surface area contributed by atoms with Crippen molar-refractivity contribution in [3.63, 3.8) is 0 Å². The summed E-state index contributed by atoms with van der Waals surface area (Å²) in [6, 6.07) is 25.4. The largest absolute Gasteiger partial charge is 0.324 e. The third-order valence-electron chi connectivity index (χ3n) is 8.01. The van der Waals surface area contributed by atoms with Crippen LogP contribution in [0.25, 0.3) is 0 Å². The number of hydrogen-bond donors (Lipinski definition) is 1. The van der Waals surface area contributed by atoms with E-state index >= 15 is 0 Å². The molecule has 0 saturated heterocycles. The standard InChI is InChI=1S/C21H23ClFN3O.C15H11N3O3/c1-3-25(4-2)11-12-26-19-10-9-15(22)13-17(19)21(24-14-20(26)27)16-7-5-6-8-18(16)23;19-14-9-16-15(10-4-2-1-3-5-10)12-8-11(18(20)21)6-7-13(12)17-14/h5-10,13H,3-4,11-12,14H2,1-2H3;1-8H,9H2,(H,17,19). The number of non-ortho nitro benzene ring substituents is 1. The second-order valence-electron chi connectivity index (χ2n) is 10.9. The van der Waals surface area contributed by atoms with E-state index in [9.17, 15) is 24.1 Å². The Morgan fingerprint density at radius 2 is 1.58 bits per heavy atom. The van der Waals surface area contributed by atoms with Gasteiger partial charge >= 0.3 is 0 Å². The van der Waals surface area contributed by atoms with Crippen LogP contribution in [0.1, 0.15) is 36.1 Å². The average molecular weight is 669 g/mol. The Morgan fingerprint density at radius 1 is 0.875 bits per heavy atom. The zero-order valence-electron chi connectivity index (χ0n) is 26.5. The quantitative estimate of drug-likeness (QED) is 0.172. The second-order valence-corrected chi connectivity index (χ2v) is 11.4. The number of likely N-dealkylation sites (N-methyl/N-ethyl adjacent to an activating group) is 1. The molecule has 0 radical (unpaired) electrons. The Hall–Kier alpha value is -5.26. The third kappa shape index (κ3) is 7.81. The lowest BCUT2D eigenvalue weighted by atomic mass is 9.99. The van der Waals surface area contributed by atoms with Crippen LogP contribution in [0.3, 0.4) is 0 Å². The Kier molecular flexibility index (Phi) is 11.0. The van der Waals surface area contributed by atoms with Crippen molar-refractivity contribution in [2.45, 2.75) is 13.8 Å². The van der Waals surface area contributed by atoms with E-state index in [2.05, 4.69) is 34.0 Å². The molecule has 0 aliphatic carbocycles. The van der Waals surface area contributed by atoms with Gasteiger partial charge in [-0.05, 0) is 49.5 Å². The lowest BCUT2D eigenvalue weighted by molar-refractivity contribution is -0.384. The summed E-state index contributed by atoms with van der Waals surface area (Å²) in [5, 5.41) is 14.2. The fourth-order valence-electron chi connectivity index (χ4n) is 5.51. The van der Waals surface area contributed by atoms with Crippen molar-refractivity contribution in [3.05, 3.63) is 134 Å². The molecule has 0 spiro atoms. The zero-order valence-corrected chi connectivity index (χ0v) is 27.3. The number of nitro groups is 1. The highest BCUT2D eigenvalue weighted by molar-refractivity contribution is 6.32. The van der Waals surface area contributed by atoms with Gasteiger partial charge in [0.25, 0.3) is 5.69 Å². The van der Waals surface area contributed by atoms with Crippen LogP contribution in [0, 0.1) is 15.9 Å². The predicted octanol–water partition coefficient (Wildman–Crippen LogP) is 6.39. The number of nitrogens with one attached hydrogen (secondary N) is 1. The van der Waals surface area contributed by atoms with Crippen LogP contribution in [0.5, 0.6) is 0 Å². The van der Waals surface area contributed by atoms with Gasteiger partial charge in [-0.3, -0.25) is 29.7 Å². The Labute approximate surface area is 282 Å². The molecule has 0 atom stereocenters. The number of benzodiazepines with no additional fused rings is 2. The van der Waals surface area contributed by atoms with E-state index in [0.717, 1.165) is 30.9 Å². The van der Waals surface area contributed by atoms with Gasteiger partial charge in [-0.25, -0.2) is 4.39 Å². The van der Waals surface area contributed by atoms with Gasteiger partial charge in [0, 0.05) is 52.5 Å². The molecule has 48 heavy (non-hydrogen) atoms. The molecule has 2 aliphatic rings. The van der Waals surface area contributed by atoms with Gasteiger partial charge in [-0.15, -0.1) is 0 Å². The highest BCUT2D eigenvalue weighted by Crippen LogP contribution is 2.31. The normalized spacial score (nSPS) is 14.0. The number of amides is 2. The first-order valence-corrected chi connectivity index (χ1v) is 15.9. The average Bonchev–Trinajstić information content (AvgIpc) is 3.34. The third-order valence-corrected chi connectivity index (χ3v) is 8.25. The number of carbonyl (C=O) groups excluding carboxylic acids is 2. The molecule has 1 N–H and O–H groups in total. The summed E-state index contributed by atoms with van der Waals surface area (Å²) < 4.78 is 14.4. The smallest absolute Gasteiger partial charge is 0.270 e. The number of benzene rings is 4. The van der Waals surface area contributed by atoms with Crippen molar-refractivity contribution >= 4 is 51.9 Å². The zero-order chi connectivity index (χ0) is 34.2. The van der Waals surface area contributed by atoms with Gasteiger partial charge in [0.15, 0.2) is 0 Å². The van der Waals surface area contributed by atoms with E-state index < -0.39 is 4.92 Å². The van der Waals surface area contributed by atoms with Gasteiger partial charge in [-0.2, -0.15) is 0 Å². The summed E-state index contributed by atoms with van der Waals surface area (Å²) in [5.41, 5.74) is 4.68. The van der Waals surface area contributed by atoms with Crippen LogP contribution >= 0.6 is 11.6 Å². The molecule has 0 aromatic heterocycles. The maximum atomic E-state index is 14.4. The number of aliphatic imine (C=N–C) groups is 2. The van der Waals surface area contributed by atoms with Crippen LogP contribution in [0.15, 0.2) is 101 Å². The predicted molar refractivity (Wildman–Crippen MR) is 187 cm³/mol. The Balaban J connectivity index is 0.000000194. The molecule has 2 amide bonds. The van der Waals surface area contributed by atoms with Crippen LogP contribution in [-0.2, 0) is 9.59 Å². The first-order chi connectivity index (χ1) is 23.2. The number of nitrogens with zero attached hydrogens (tertiary/aromatic N) is 5. The number of rotatable bonds is 8. The lowest BCUT2D eigenvalue weighted by Crippen LogP contribution is -2.39. The minimum absolute atomic E-state index is 0.00724. The highest BCUT2D eigenvalue weighted by Gasteiger charge is 2.27. The maximum Gasteiger partial charge on any atom is 0.270 e. The number of carbonyl (C=O) groups is 2. The molecule has 0 saturated carbocycles. The van der Waals surface area contributed by atoms with Crippen LogP contribution in [0.2, 0.25) is 5.02 Å². The molecule has 12 heteroatoms.